The molecule has 2 atom stereocenters. The van der Waals surface area contributed by atoms with E-state index in [1.54, 1.807) is 18.2 Å². The van der Waals surface area contributed by atoms with Gasteiger partial charge in [-0.15, -0.1) is 0 Å². The van der Waals surface area contributed by atoms with Crippen LogP contribution >= 0.6 is 0 Å². The lowest BCUT2D eigenvalue weighted by Crippen LogP contribution is -2.49. The number of ether oxygens (including phenoxy) is 2. The van der Waals surface area contributed by atoms with E-state index >= 15 is 0 Å². The van der Waals surface area contributed by atoms with Gasteiger partial charge < -0.3 is 14.8 Å². The largest absolute Gasteiger partial charge is 0.493 e. The number of methoxy groups -OCH3 is 2. The summed E-state index contributed by atoms with van der Waals surface area (Å²) in [4.78, 5) is 0. The van der Waals surface area contributed by atoms with Crippen molar-refractivity contribution >= 4 is 0 Å². The quantitative estimate of drug-likeness (QED) is 0.605. The molecule has 0 aliphatic heterocycles. The highest BCUT2D eigenvalue weighted by Gasteiger charge is 2.40. The van der Waals surface area contributed by atoms with Crippen LogP contribution in [0.2, 0.25) is 0 Å². The second-order valence-corrected chi connectivity index (χ2v) is 4.95. The first-order valence-corrected chi connectivity index (χ1v) is 7.31. The minimum atomic E-state index is -4.35. The third-order valence-corrected chi connectivity index (χ3v) is 3.45. The maximum absolute atomic E-state index is 13.1. The lowest BCUT2D eigenvalue weighted by Gasteiger charge is -2.27. The van der Waals surface area contributed by atoms with E-state index in [1.807, 2.05) is 6.92 Å². The minimum absolute atomic E-state index is 0.159. The average Bonchev–Trinajstić information content (AvgIpc) is 2.52. The molecule has 0 aromatic heterocycles. The fourth-order valence-electron chi connectivity index (χ4n) is 2.34. The van der Waals surface area contributed by atoms with Crippen LogP contribution in [0.5, 0.6) is 11.5 Å². The second-order valence-electron chi connectivity index (χ2n) is 4.95. The van der Waals surface area contributed by atoms with Crippen LogP contribution in [0.3, 0.4) is 0 Å². The van der Waals surface area contributed by atoms with Crippen molar-refractivity contribution in [2.45, 2.75) is 31.6 Å². The molecule has 1 aromatic carbocycles. The van der Waals surface area contributed by atoms with Crippen molar-refractivity contribution in [2.75, 3.05) is 27.8 Å². The molecule has 0 amide bonds. The molecular weight excluding hydrogens is 311 g/mol. The summed E-state index contributed by atoms with van der Waals surface area (Å²) in [6.07, 6.45) is -4.51. The van der Waals surface area contributed by atoms with Crippen molar-refractivity contribution in [1.82, 2.24) is 16.2 Å². The first kappa shape index (κ1) is 19.5. The molecule has 0 fully saturated rings. The van der Waals surface area contributed by atoms with Crippen LogP contribution in [-0.4, -0.2) is 40.0 Å². The van der Waals surface area contributed by atoms with E-state index in [2.05, 4.69) is 16.2 Å². The van der Waals surface area contributed by atoms with Gasteiger partial charge in [0.1, 0.15) is 6.04 Å². The zero-order valence-electron chi connectivity index (χ0n) is 13.8. The van der Waals surface area contributed by atoms with E-state index in [4.69, 9.17) is 9.47 Å². The van der Waals surface area contributed by atoms with Crippen molar-refractivity contribution in [3.05, 3.63) is 23.8 Å². The van der Waals surface area contributed by atoms with Gasteiger partial charge >= 0.3 is 6.18 Å². The molecule has 0 heterocycles. The van der Waals surface area contributed by atoms with Crippen LogP contribution in [0, 0.1) is 0 Å². The summed E-state index contributed by atoms with van der Waals surface area (Å²) in [7, 11) is 4.41. The highest BCUT2D eigenvalue weighted by molar-refractivity contribution is 5.43. The predicted octanol–water partition coefficient (Wildman–Crippen LogP) is 2.40. The summed E-state index contributed by atoms with van der Waals surface area (Å²) in [5.41, 5.74) is 5.34. The van der Waals surface area contributed by atoms with Crippen LogP contribution in [0.4, 0.5) is 13.2 Å². The monoisotopic (exact) mass is 335 g/mol. The van der Waals surface area contributed by atoms with E-state index in [-0.39, 0.29) is 6.42 Å². The van der Waals surface area contributed by atoms with Crippen molar-refractivity contribution < 1.29 is 22.6 Å². The number of hydrogen-bond donors (Lipinski definition) is 3. The number of nitrogens with one attached hydrogen (secondary N) is 3. The predicted molar refractivity (Wildman–Crippen MR) is 82.6 cm³/mol. The van der Waals surface area contributed by atoms with Crippen LogP contribution in [0.1, 0.15) is 24.9 Å². The van der Waals surface area contributed by atoms with E-state index < -0.39 is 18.3 Å². The van der Waals surface area contributed by atoms with Crippen molar-refractivity contribution in [1.29, 1.82) is 0 Å². The van der Waals surface area contributed by atoms with Gasteiger partial charge in [-0.2, -0.15) is 13.2 Å². The van der Waals surface area contributed by atoms with Gasteiger partial charge in [0.05, 0.1) is 14.2 Å². The molecule has 0 saturated heterocycles. The highest BCUT2D eigenvalue weighted by atomic mass is 19.4. The van der Waals surface area contributed by atoms with Crippen molar-refractivity contribution in [3.63, 3.8) is 0 Å². The molecule has 3 N–H and O–H groups in total. The topological polar surface area (TPSA) is 54.5 Å². The summed E-state index contributed by atoms with van der Waals surface area (Å²) < 4.78 is 49.7. The Labute approximate surface area is 134 Å². The Bertz CT molecular complexity index is 484. The molecule has 0 aliphatic rings. The molecule has 132 valence electrons. The Balaban J connectivity index is 3.05. The Morgan fingerprint density at radius 3 is 2.26 bits per heavy atom. The van der Waals surface area contributed by atoms with Gasteiger partial charge in [-0.3, -0.25) is 5.43 Å². The van der Waals surface area contributed by atoms with Crippen LogP contribution in [0.15, 0.2) is 18.2 Å². The molecular formula is C15H24F3N3O2. The van der Waals surface area contributed by atoms with Gasteiger partial charge in [-0.05, 0) is 37.7 Å². The van der Waals surface area contributed by atoms with Gasteiger partial charge in [-0.1, -0.05) is 13.0 Å². The van der Waals surface area contributed by atoms with Crippen LogP contribution in [-0.2, 0) is 0 Å². The molecule has 1 rings (SSSR count). The smallest absolute Gasteiger partial charge is 0.405 e. The second kappa shape index (κ2) is 8.95. The lowest BCUT2D eigenvalue weighted by atomic mass is 9.98. The maximum Gasteiger partial charge on any atom is 0.405 e. The number of rotatable bonds is 9. The number of hydrogen-bond acceptors (Lipinski definition) is 5. The first-order chi connectivity index (χ1) is 10.9. The Hall–Kier alpha value is -1.51. The number of benzene rings is 1. The molecule has 5 nitrogen and oxygen atoms in total. The molecule has 8 heteroatoms. The molecule has 0 bridgehead atoms. The minimum Gasteiger partial charge on any atom is -0.493 e. The fourth-order valence-corrected chi connectivity index (χ4v) is 2.34. The molecule has 0 unspecified atom stereocenters. The van der Waals surface area contributed by atoms with Gasteiger partial charge in [0, 0.05) is 6.04 Å². The Morgan fingerprint density at radius 1 is 1.13 bits per heavy atom. The van der Waals surface area contributed by atoms with Gasteiger partial charge in [0.25, 0.3) is 0 Å². The first-order valence-electron chi connectivity index (χ1n) is 7.31. The van der Waals surface area contributed by atoms with E-state index in [1.165, 1.54) is 21.3 Å². The number of alkyl halides is 3. The summed E-state index contributed by atoms with van der Waals surface area (Å²) in [6.45, 7) is 2.39. The lowest BCUT2D eigenvalue weighted by molar-refractivity contribution is -0.161. The number of hydrazine groups is 1. The van der Waals surface area contributed by atoms with E-state index in [9.17, 15) is 13.2 Å². The summed E-state index contributed by atoms with van der Waals surface area (Å²) in [5, 5.41) is 3.08. The summed E-state index contributed by atoms with van der Waals surface area (Å²) in [5.74, 6) is 1.02. The number of halogens is 3. The van der Waals surface area contributed by atoms with E-state index in [0.29, 0.717) is 23.6 Å². The molecule has 0 saturated carbocycles. The molecule has 1 aromatic rings. The van der Waals surface area contributed by atoms with Crippen molar-refractivity contribution in [2.24, 2.45) is 0 Å². The summed E-state index contributed by atoms with van der Waals surface area (Å²) in [6, 6.07) is 2.96. The zero-order chi connectivity index (χ0) is 17.5. The van der Waals surface area contributed by atoms with Gasteiger partial charge in [0.15, 0.2) is 11.5 Å². The molecule has 0 aliphatic carbocycles. The Morgan fingerprint density at radius 2 is 1.78 bits per heavy atom. The molecule has 0 radical (unpaired) electrons. The third kappa shape index (κ3) is 5.56. The molecule has 23 heavy (non-hydrogen) atoms. The van der Waals surface area contributed by atoms with Gasteiger partial charge in [0.2, 0.25) is 0 Å². The Kier molecular flexibility index (Phi) is 7.60. The maximum atomic E-state index is 13.1. The molecule has 0 spiro atoms. The summed E-state index contributed by atoms with van der Waals surface area (Å²) >= 11 is 0. The van der Waals surface area contributed by atoms with E-state index in [0.717, 1.165) is 0 Å². The normalized spacial score (nSPS) is 14.4. The fraction of sp³-hybridized carbons (Fsp3) is 0.600. The van der Waals surface area contributed by atoms with Crippen LogP contribution in [0.25, 0.3) is 0 Å². The van der Waals surface area contributed by atoms with Gasteiger partial charge in [-0.25, -0.2) is 5.43 Å². The standard InChI is InChI=1S/C15H24F3N3O2/c1-5-20-11(9-14(21-19-2)15(16,17)18)10-6-7-12(22-3)13(8-10)23-4/h6-8,11,14,19-21H,5,9H2,1-4H3/t11-,14+/m0/s1. The highest BCUT2D eigenvalue weighted by Crippen LogP contribution is 2.33. The third-order valence-electron chi connectivity index (χ3n) is 3.45. The SMILES string of the molecule is CCN[C@@H](C[C@@H](NNC)C(F)(F)F)c1ccc(OC)c(OC)c1. The van der Waals surface area contributed by atoms with Crippen LogP contribution < -0.4 is 25.6 Å². The van der Waals surface area contributed by atoms with Crippen molar-refractivity contribution in [3.8, 4) is 11.5 Å². The zero-order valence-corrected chi connectivity index (χ0v) is 13.8. The average molecular weight is 335 g/mol.